The Morgan fingerprint density at radius 2 is 1.00 bits per heavy atom. The van der Waals surface area contributed by atoms with Gasteiger partial charge >= 0.3 is 23.9 Å². The zero-order chi connectivity index (χ0) is 27.4. The molecule has 0 saturated carbocycles. The zero-order valence-electron chi connectivity index (χ0n) is 18.4. The second-order valence-electron chi connectivity index (χ2n) is 6.71. The summed E-state index contributed by atoms with van der Waals surface area (Å²) in [5, 5.41) is 38.8. The largest absolute Gasteiger partial charge is 0.481 e. The van der Waals surface area contributed by atoms with Gasteiger partial charge in [-0.05, 0) is 44.0 Å². The van der Waals surface area contributed by atoms with Gasteiger partial charge in [-0.2, -0.15) is 0 Å². The maximum atomic E-state index is 11.7. The van der Waals surface area contributed by atoms with Gasteiger partial charge in [-0.15, -0.1) is 0 Å². The topological polar surface area (TPSA) is 265 Å². The van der Waals surface area contributed by atoms with Gasteiger partial charge in [0.15, 0.2) is 0 Å². The fraction of sp³-hybridized carbons (Fsp3) is 0.200. The molecule has 2 aromatic rings. The van der Waals surface area contributed by atoms with Crippen LogP contribution in [-0.2, 0) is 19.2 Å². The Kier molecular flexibility index (Phi) is 14.2. The van der Waals surface area contributed by atoms with Gasteiger partial charge in [0.2, 0.25) is 0 Å². The molecule has 17 heteroatoms. The van der Waals surface area contributed by atoms with E-state index in [1.165, 1.54) is 36.9 Å². The van der Waals surface area contributed by atoms with Crippen molar-refractivity contribution >= 4 is 67.6 Å². The lowest BCUT2D eigenvalue weighted by Gasteiger charge is -2.12. The normalized spacial score (nSPS) is 11.3. The van der Waals surface area contributed by atoms with Crippen molar-refractivity contribution in [1.82, 2.24) is 20.6 Å². The van der Waals surface area contributed by atoms with E-state index in [1.54, 1.807) is 0 Å². The Balaban J connectivity index is 0.000000682. The van der Waals surface area contributed by atoms with Gasteiger partial charge in [-0.3, -0.25) is 29.1 Å². The highest BCUT2D eigenvalue weighted by Gasteiger charge is 2.24. The van der Waals surface area contributed by atoms with Crippen molar-refractivity contribution in [3.05, 3.63) is 57.0 Å². The fourth-order valence-corrected chi connectivity index (χ4v) is 3.03. The number of nitrogens with zero attached hydrogens (tertiary/aromatic N) is 2. The highest BCUT2D eigenvalue weighted by atomic mass is 79.9. The van der Waals surface area contributed by atoms with Crippen LogP contribution in [0, 0.1) is 0 Å². The molecule has 37 heavy (non-hydrogen) atoms. The number of nitrogens with one attached hydrogen (secondary N) is 2. The number of aliphatic carboxylic acids is 4. The third-order valence-corrected chi connectivity index (χ3v) is 4.77. The van der Waals surface area contributed by atoms with E-state index in [9.17, 15) is 28.8 Å². The summed E-state index contributed by atoms with van der Waals surface area (Å²) < 4.78 is 1.11. The van der Waals surface area contributed by atoms with E-state index < -0.39 is 60.6 Å². The molecule has 0 fully saturated rings. The summed E-state index contributed by atoms with van der Waals surface area (Å²) >= 11 is 6.23. The predicted molar refractivity (Wildman–Crippen MR) is 130 cm³/mol. The molecule has 200 valence electrons. The Morgan fingerprint density at radius 3 is 1.24 bits per heavy atom. The van der Waals surface area contributed by atoms with Gasteiger partial charge in [0.05, 0.1) is 24.0 Å². The number of carbonyl (C=O) groups is 6. The van der Waals surface area contributed by atoms with Crippen molar-refractivity contribution in [2.24, 2.45) is 0 Å². The van der Waals surface area contributed by atoms with Gasteiger partial charge in [0, 0.05) is 33.7 Å². The summed E-state index contributed by atoms with van der Waals surface area (Å²) in [6.07, 6.45) is 4.04. The van der Waals surface area contributed by atoms with Crippen molar-refractivity contribution in [2.45, 2.75) is 24.9 Å². The molecule has 8 N–H and O–H groups in total. The molecule has 2 unspecified atom stereocenters. The van der Waals surface area contributed by atoms with Crippen LogP contribution in [0.25, 0.3) is 0 Å². The second kappa shape index (κ2) is 15.9. The van der Waals surface area contributed by atoms with E-state index in [0.29, 0.717) is 8.95 Å². The number of rotatable bonds is 10. The number of halogens is 2. The first-order valence-corrected chi connectivity index (χ1v) is 11.1. The van der Waals surface area contributed by atoms with Crippen LogP contribution in [0.2, 0.25) is 0 Å². The molecule has 0 aliphatic heterocycles. The minimum atomic E-state index is -1.48. The molecule has 2 aromatic heterocycles. The number of carbonyl (C=O) groups excluding carboxylic acids is 2. The maximum Gasteiger partial charge on any atom is 0.326 e. The average molecular weight is 652 g/mol. The van der Waals surface area contributed by atoms with Crippen LogP contribution < -0.4 is 10.6 Å². The van der Waals surface area contributed by atoms with Crippen molar-refractivity contribution in [3.63, 3.8) is 0 Å². The quantitative estimate of drug-likeness (QED) is 0.201. The number of hydrogen-bond donors (Lipinski definition) is 6. The predicted octanol–water partition coefficient (Wildman–Crippen LogP) is 0.179. The van der Waals surface area contributed by atoms with Gasteiger partial charge in [0.25, 0.3) is 11.8 Å². The fourth-order valence-electron chi connectivity index (χ4n) is 2.30. The molecule has 0 radical (unpaired) electrons. The summed E-state index contributed by atoms with van der Waals surface area (Å²) in [5.74, 6) is -6.83. The molecule has 0 bridgehead atoms. The van der Waals surface area contributed by atoms with Crippen LogP contribution in [0.4, 0.5) is 0 Å². The number of carboxylic acids is 4. The lowest BCUT2D eigenvalue weighted by Crippen LogP contribution is -2.42. The number of aromatic nitrogens is 2. The van der Waals surface area contributed by atoms with E-state index in [2.05, 4.69) is 52.5 Å². The van der Waals surface area contributed by atoms with Crippen LogP contribution in [0.15, 0.2) is 45.9 Å². The molecule has 2 amide bonds. The van der Waals surface area contributed by atoms with E-state index >= 15 is 0 Å². The van der Waals surface area contributed by atoms with Gasteiger partial charge in [-0.1, -0.05) is 0 Å². The molecule has 0 aliphatic rings. The molecule has 15 nitrogen and oxygen atoms in total. The molecule has 0 aliphatic carbocycles. The van der Waals surface area contributed by atoms with Crippen molar-refractivity contribution < 1.29 is 54.7 Å². The summed E-state index contributed by atoms with van der Waals surface area (Å²) in [7, 11) is 0. The van der Waals surface area contributed by atoms with E-state index in [-0.39, 0.29) is 16.6 Å². The standard InChI is InChI=1S/2C10H9BrN2O5.H2O/c2*11-6-1-5(3-12-4-6)9(16)13-7(10(17)18)2-8(14)15;/h2*1,3-4,7H,2H2,(H,13,16)(H,14,15)(H,17,18);1H2. The van der Waals surface area contributed by atoms with Gasteiger partial charge < -0.3 is 36.5 Å². The Morgan fingerprint density at radius 1 is 0.676 bits per heavy atom. The molecule has 0 aromatic carbocycles. The number of carboxylic acid groups (broad SMARTS) is 4. The molecular weight excluding hydrogens is 632 g/mol. The highest BCUT2D eigenvalue weighted by molar-refractivity contribution is 9.10. The molecule has 2 atom stereocenters. The Bertz CT molecular complexity index is 1070. The van der Waals surface area contributed by atoms with E-state index in [0.717, 1.165) is 0 Å². The van der Waals surface area contributed by atoms with E-state index in [4.69, 9.17) is 20.4 Å². The Hall–Kier alpha value is -3.96. The van der Waals surface area contributed by atoms with Gasteiger partial charge in [0.1, 0.15) is 12.1 Å². The smallest absolute Gasteiger partial charge is 0.326 e. The first-order valence-electron chi connectivity index (χ1n) is 9.52. The minimum absolute atomic E-state index is 0. The summed E-state index contributed by atoms with van der Waals surface area (Å²) in [6, 6.07) is -0.0627. The Labute approximate surface area is 224 Å². The van der Waals surface area contributed by atoms with Crippen molar-refractivity contribution in [1.29, 1.82) is 0 Å². The SMILES string of the molecule is O.O=C(O)CC(NC(=O)c1cncc(Br)c1)C(=O)O.O=C(O)CC(NC(=O)c1cncc(Br)c1)C(=O)O. The number of amides is 2. The van der Waals surface area contributed by atoms with Crippen LogP contribution in [0.5, 0.6) is 0 Å². The van der Waals surface area contributed by atoms with Gasteiger partial charge in [-0.25, -0.2) is 9.59 Å². The molecule has 2 heterocycles. The lowest BCUT2D eigenvalue weighted by molar-refractivity contribution is -0.145. The van der Waals surface area contributed by atoms with Crippen LogP contribution in [0.1, 0.15) is 33.6 Å². The number of pyridine rings is 2. The van der Waals surface area contributed by atoms with E-state index in [1.807, 2.05) is 0 Å². The summed E-state index contributed by atoms with van der Waals surface area (Å²) in [6.45, 7) is 0. The average Bonchev–Trinajstić information content (AvgIpc) is 2.77. The highest BCUT2D eigenvalue weighted by Crippen LogP contribution is 2.11. The van der Waals surface area contributed by atoms with Crippen LogP contribution in [0.3, 0.4) is 0 Å². The first kappa shape index (κ1) is 33.0. The van der Waals surface area contributed by atoms with Crippen LogP contribution >= 0.6 is 31.9 Å². The summed E-state index contributed by atoms with van der Waals surface area (Å²) in [4.78, 5) is 73.3. The minimum Gasteiger partial charge on any atom is -0.481 e. The maximum absolute atomic E-state index is 11.7. The summed E-state index contributed by atoms with van der Waals surface area (Å²) in [5.41, 5.74) is 0.280. The number of hydrogen-bond acceptors (Lipinski definition) is 8. The van der Waals surface area contributed by atoms with Crippen molar-refractivity contribution in [2.75, 3.05) is 0 Å². The monoisotopic (exact) mass is 650 g/mol. The zero-order valence-corrected chi connectivity index (χ0v) is 21.6. The molecule has 0 spiro atoms. The molecule has 0 saturated heterocycles. The second-order valence-corrected chi connectivity index (χ2v) is 8.54. The third kappa shape index (κ3) is 12.5. The first-order chi connectivity index (χ1) is 16.8. The molecule has 2 rings (SSSR count). The van der Waals surface area contributed by atoms with Crippen LogP contribution in [-0.4, -0.2) is 83.6 Å². The third-order valence-electron chi connectivity index (χ3n) is 3.90. The van der Waals surface area contributed by atoms with Crippen molar-refractivity contribution in [3.8, 4) is 0 Å². The lowest BCUT2D eigenvalue weighted by atomic mass is 10.2. The molecular formula is C20H20Br2N4O11.